The molecule has 7 heteroatoms. The molecule has 0 radical (unpaired) electrons. The highest BCUT2D eigenvalue weighted by molar-refractivity contribution is 5.95. The van der Waals surface area contributed by atoms with E-state index in [2.05, 4.69) is 5.32 Å². The number of hydrogen-bond acceptors (Lipinski definition) is 2. The number of benzene rings is 2. The molecule has 2 aromatic rings. The van der Waals surface area contributed by atoms with E-state index in [4.69, 9.17) is 0 Å². The molecule has 2 bridgehead atoms. The van der Waals surface area contributed by atoms with Crippen molar-refractivity contribution in [3.05, 3.63) is 71.3 Å². The van der Waals surface area contributed by atoms with Crippen molar-refractivity contribution in [1.82, 2.24) is 10.2 Å². The van der Waals surface area contributed by atoms with Gasteiger partial charge in [0.25, 0.3) is 11.8 Å². The number of nitrogens with one attached hydrogen (secondary N) is 1. The average Bonchev–Trinajstić information content (AvgIpc) is 3.28. The Morgan fingerprint density at radius 3 is 2.32 bits per heavy atom. The molecule has 2 aliphatic rings. The molecule has 0 aromatic heterocycles. The van der Waals surface area contributed by atoms with E-state index in [9.17, 15) is 22.8 Å². The maximum atomic E-state index is 12.9. The molecule has 1 aliphatic heterocycles. The normalized spacial score (nSPS) is 23.7. The van der Waals surface area contributed by atoms with Gasteiger partial charge in [0, 0.05) is 29.8 Å². The molecule has 3 atom stereocenters. The minimum absolute atomic E-state index is 0.0248. The maximum absolute atomic E-state index is 12.9. The van der Waals surface area contributed by atoms with Gasteiger partial charge in [-0.2, -0.15) is 13.2 Å². The Balaban J connectivity index is 1.42. The van der Waals surface area contributed by atoms with Crippen molar-refractivity contribution in [3.8, 4) is 0 Å². The van der Waals surface area contributed by atoms with Crippen molar-refractivity contribution in [2.75, 3.05) is 6.54 Å². The van der Waals surface area contributed by atoms with E-state index in [1.165, 1.54) is 12.1 Å². The fourth-order valence-corrected chi connectivity index (χ4v) is 4.21. The van der Waals surface area contributed by atoms with E-state index in [-0.39, 0.29) is 35.4 Å². The average molecular weight is 388 g/mol. The molecular formula is C21H19F3N2O2. The summed E-state index contributed by atoms with van der Waals surface area (Å²) in [6.45, 7) is 0.444. The van der Waals surface area contributed by atoms with Gasteiger partial charge >= 0.3 is 6.18 Å². The smallest absolute Gasteiger partial charge is 0.349 e. The van der Waals surface area contributed by atoms with Crippen LogP contribution in [0.2, 0.25) is 0 Å². The van der Waals surface area contributed by atoms with Crippen molar-refractivity contribution in [2.24, 2.45) is 5.92 Å². The number of alkyl halides is 3. The Bertz CT molecular complexity index is 898. The minimum atomic E-state index is -4.48. The van der Waals surface area contributed by atoms with E-state index in [1.807, 2.05) is 6.07 Å². The third-order valence-electron chi connectivity index (χ3n) is 5.59. The minimum Gasteiger partial charge on any atom is -0.349 e. The van der Waals surface area contributed by atoms with Crippen molar-refractivity contribution >= 4 is 11.8 Å². The van der Waals surface area contributed by atoms with Gasteiger partial charge in [0.2, 0.25) is 0 Å². The zero-order chi connectivity index (χ0) is 19.9. The molecule has 1 N–H and O–H groups in total. The van der Waals surface area contributed by atoms with Crippen LogP contribution in [-0.4, -0.2) is 35.3 Å². The standard InChI is InChI=1S/C21H19F3N2O2/c22-21(23,24)16-8-4-7-14(9-16)20(28)26-12-15-10-17(26)11-18(15)25-19(27)13-5-2-1-3-6-13/h1-9,15,17-18H,10-12H2,(H,25,27)/t15-,17-,18-/m0/s1. The van der Waals surface area contributed by atoms with Gasteiger partial charge in [-0.3, -0.25) is 9.59 Å². The van der Waals surface area contributed by atoms with Crippen LogP contribution in [0.3, 0.4) is 0 Å². The van der Waals surface area contributed by atoms with Gasteiger partial charge in [-0.1, -0.05) is 24.3 Å². The number of rotatable bonds is 3. The van der Waals surface area contributed by atoms with E-state index in [1.54, 1.807) is 29.2 Å². The van der Waals surface area contributed by atoms with Gasteiger partial charge in [-0.05, 0) is 49.1 Å². The molecule has 2 aromatic carbocycles. The molecule has 146 valence electrons. The summed E-state index contributed by atoms with van der Waals surface area (Å²) in [5.74, 6) is -0.409. The van der Waals surface area contributed by atoms with Gasteiger partial charge in [-0.25, -0.2) is 0 Å². The van der Waals surface area contributed by atoms with Crippen LogP contribution in [0.4, 0.5) is 13.2 Å². The second kappa shape index (κ2) is 6.96. The Morgan fingerprint density at radius 1 is 0.964 bits per heavy atom. The summed E-state index contributed by atoms with van der Waals surface area (Å²) in [5, 5.41) is 3.03. The lowest BCUT2D eigenvalue weighted by Crippen LogP contribution is -2.47. The SMILES string of the molecule is O=C(N[C@H]1C[C@@H]2C[C@H]1CN2C(=O)c1cccc(C(F)(F)F)c1)c1ccccc1. The molecule has 4 rings (SSSR count). The number of hydrogen-bond donors (Lipinski definition) is 1. The molecule has 2 amide bonds. The molecule has 0 unspecified atom stereocenters. The fourth-order valence-electron chi connectivity index (χ4n) is 4.21. The summed E-state index contributed by atoms with van der Waals surface area (Å²) < 4.78 is 38.7. The number of amides is 2. The van der Waals surface area contributed by atoms with E-state index >= 15 is 0 Å². The number of halogens is 3. The number of piperidine rings is 1. The van der Waals surface area contributed by atoms with Crippen molar-refractivity contribution in [2.45, 2.75) is 31.1 Å². The molecule has 1 saturated carbocycles. The predicted octanol–water partition coefficient (Wildman–Crippen LogP) is 3.74. The van der Waals surface area contributed by atoms with Crippen LogP contribution in [0.1, 0.15) is 39.1 Å². The summed E-state index contributed by atoms with van der Waals surface area (Å²) in [6, 6.07) is 13.4. The molecule has 2 fully saturated rings. The lowest BCUT2D eigenvalue weighted by atomic mass is 10.0. The largest absolute Gasteiger partial charge is 0.416 e. The molecule has 1 aliphatic carbocycles. The van der Waals surface area contributed by atoms with E-state index in [0.717, 1.165) is 18.6 Å². The highest BCUT2D eigenvalue weighted by atomic mass is 19.4. The highest BCUT2D eigenvalue weighted by Gasteiger charge is 2.47. The Hall–Kier alpha value is -2.83. The summed E-state index contributed by atoms with van der Waals surface area (Å²) in [5.41, 5.74) is -0.190. The maximum Gasteiger partial charge on any atom is 0.416 e. The monoisotopic (exact) mass is 388 g/mol. The fraction of sp³-hybridized carbons (Fsp3) is 0.333. The first-order chi connectivity index (χ1) is 13.3. The number of likely N-dealkylation sites (tertiary alicyclic amines) is 1. The Morgan fingerprint density at radius 2 is 1.68 bits per heavy atom. The van der Waals surface area contributed by atoms with Gasteiger partial charge in [0.15, 0.2) is 0 Å². The lowest BCUT2D eigenvalue weighted by Gasteiger charge is -2.32. The van der Waals surface area contributed by atoms with Crippen LogP contribution in [0, 0.1) is 5.92 Å². The Labute approximate surface area is 160 Å². The number of carbonyl (C=O) groups is 2. The van der Waals surface area contributed by atoms with Crippen LogP contribution in [0.5, 0.6) is 0 Å². The van der Waals surface area contributed by atoms with E-state index < -0.39 is 11.7 Å². The summed E-state index contributed by atoms with van der Waals surface area (Å²) >= 11 is 0. The number of nitrogens with zero attached hydrogens (tertiary/aromatic N) is 1. The van der Waals surface area contributed by atoms with Crippen LogP contribution in [0.15, 0.2) is 54.6 Å². The van der Waals surface area contributed by atoms with Crippen molar-refractivity contribution < 1.29 is 22.8 Å². The molecule has 4 nitrogen and oxygen atoms in total. The Kier molecular flexibility index (Phi) is 4.61. The number of carbonyl (C=O) groups excluding carboxylic acids is 2. The van der Waals surface area contributed by atoms with Gasteiger partial charge in [0.05, 0.1) is 5.56 Å². The second-order valence-electron chi connectivity index (χ2n) is 7.37. The van der Waals surface area contributed by atoms with Gasteiger partial charge in [-0.15, -0.1) is 0 Å². The first-order valence-electron chi connectivity index (χ1n) is 9.17. The van der Waals surface area contributed by atoms with Crippen molar-refractivity contribution in [3.63, 3.8) is 0 Å². The molecule has 28 heavy (non-hydrogen) atoms. The van der Waals surface area contributed by atoms with E-state index in [0.29, 0.717) is 18.5 Å². The molecule has 1 saturated heterocycles. The van der Waals surface area contributed by atoms with Crippen molar-refractivity contribution in [1.29, 1.82) is 0 Å². The number of fused-ring (bicyclic) bond motifs is 2. The van der Waals surface area contributed by atoms with Gasteiger partial charge < -0.3 is 10.2 Å². The van der Waals surface area contributed by atoms with Crippen LogP contribution in [-0.2, 0) is 6.18 Å². The first-order valence-corrected chi connectivity index (χ1v) is 9.17. The van der Waals surface area contributed by atoms with Crippen LogP contribution in [0.25, 0.3) is 0 Å². The summed E-state index contributed by atoms with van der Waals surface area (Å²) in [4.78, 5) is 26.7. The second-order valence-corrected chi connectivity index (χ2v) is 7.37. The van der Waals surface area contributed by atoms with Crippen LogP contribution >= 0.6 is 0 Å². The summed E-state index contributed by atoms with van der Waals surface area (Å²) in [7, 11) is 0. The topological polar surface area (TPSA) is 49.4 Å². The van der Waals surface area contributed by atoms with Gasteiger partial charge in [0.1, 0.15) is 0 Å². The zero-order valence-corrected chi connectivity index (χ0v) is 14.9. The highest BCUT2D eigenvalue weighted by Crippen LogP contribution is 2.39. The third-order valence-corrected chi connectivity index (χ3v) is 5.59. The third kappa shape index (κ3) is 3.48. The summed E-state index contributed by atoms with van der Waals surface area (Å²) in [6.07, 6.45) is -3.11. The van der Waals surface area contributed by atoms with Crippen LogP contribution < -0.4 is 5.32 Å². The zero-order valence-electron chi connectivity index (χ0n) is 14.9. The quantitative estimate of drug-likeness (QED) is 0.871. The molecular weight excluding hydrogens is 369 g/mol. The molecule has 1 heterocycles. The molecule has 0 spiro atoms. The predicted molar refractivity (Wildman–Crippen MR) is 96.7 cm³/mol. The first kappa shape index (κ1) is 18.5. The lowest BCUT2D eigenvalue weighted by molar-refractivity contribution is -0.137.